The first-order valence-corrected chi connectivity index (χ1v) is 5.93. The maximum atomic E-state index is 13.3. The van der Waals surface area contributed by atoms with Crippen LogP contribution in [0, 0.1) is 11.6 Å². The van der Waals surface area contributed by atoms with E-state index in [-0.39, 0.29) is 11.3 Å². The molecule has 0 aliphatic heterocycles. The normalized spacial score (nSPS) is 10.6. The molecule has 2 aromatic rings. The molecule has 0 atom stereocenters. The standard InChI is InChI=1S/C14H11F2N3O2/c15-10-3-1-4-11(16)9(10)6-7-13(20)18-19-14(21)12-5-2-8-17-12/h1-8,17H,(H,18,20)(H,19,21)/b7-6+. The van der Waals surface area contributed by atoms with E-state index in [1.165, 1.54) is 12.1 Å². The summed E-state index contributed by atoms with van der Waals surface area (Å²) in [5.41, 5.74) is 4.16. The molecule has 0 aliphatic carbocycles. The third kappa shape index (κ3) is 3.75. The van der Waals surface area contributed by atoms with Gasteiger partial charge in [-0.3, -0.25) is 20.4 Å². The van der Waals surface area contributed by atoms with E-state index in [4.69, 9.17) is 0 Å². The van der Waals surface area contributed by atoms with Gasteiger partial charge in [-0.05, 0) is 30.3 Å². The number of hydrogen-bond acceptors (Lipinski definition) is 2. The minimum Gasteiger partial charge on any atom is -0.357 e. The summed E-state index contributed by atoms with van der Waals surface area (Å²) in [6.07, 6.45) is 3.45. The van der Waals surface area contributed by atoms with Gasteiger partial charge in [-0.15, -0.1) is 0 Å². The fourth-order valence-corrected chi connectivity index (χ4v) is 1.53. The Morgan fingerprint density at radius 2 is 1.76 bits per heavy atom. The van der Waals surface area contributed by atoms with Gasteiger partial charge >= 0.3 is 0 Å². The number of carbonyl (C=O) groups is 2. The second-order valence-corrected chi connectivity index (χ2v) is 4.00. The van der Waals surface area contributed by atoms with Gasteiger partial charge in [0.2, 0.25) is 0 Å². The molecule has 21 heavy (non-hydrogen) atoms. The van der Waals surface area contributed by atoms with E-state index < -0.39 is 23.4 Å². The Balaban J connectivity index is 1.93. The molecule has 1 heterocycles. The summed E-state index contributed by atoms with van der Waals surface area (Å²) in [6, 6.07) is 6.52. The molecule has 0 aliphatic rings. The zero-order chi connectivity index (χ0) is 15.2. The average molecular weight is 291 g/mol. The Bertz CT molecular complexity index is 661. The van der Waals surface area contributed by atoms with Crippen molar-refractivity contribution in [3.63, 3.8) is 0 Å². The van der Waals surface area contributed by atoms with E-state index in [0.29, 0.717) is 0 Å². The largest absolute Gasteiger partial charge is 0.357 e. The van der Waals surface area contributed by atoms with Crippen LogP contribution in [0.4, 0.5) is 8.78 Å². The molecule has 0 saturated heterocycles. The number of H-pyrrole nitrogens is 1. The molecule has 0 radical (unpaired) electrons. The van der Waals surface area contributed by atoms with Crippen molar-refractivity contribution in [3.05, 3.63) is 65.5 Å². The Morgan fingerprint density at radius 3 is 2.38 bits per heavy atom. The molecule has 0 spiro atoms. The molecule has 7 heteroatoms. The minimum atomic E-state index is -0.783. The summed E-state index contributed by atoms with van der Waals surface area (Å²) in [7, 11) is 0. The molecule has 1 aromatic heterocycles. The highest BCUT2D eigenvalue weighted by Gasteiger charge is 2.07. The molecule has 0 unspecified atom stereocenters. The van der Waals surface area contributed by atoms with Crippen molar-refractivity contribution in [2.24, 2.45) is 0 Å². The molecular formula is C14H11F2N3O2. The quantitative estimate of drug-likeness (QED) is 0.595. The predicted molar refractivity (Wildman–Crippen MR) is 71.8 cm³/mol. The predicted octanol–water partition coefficient (Wildman–Crippen LogP) is 1.77. The van der Waals surface area contributed by atoms with Crippen LogP contribution in [0.3, 0.4) is 0 Å². The highest BCUT2D eigenvalue weighted by atomic mass is 19.1. The first-order valence-electron chi connectivity index (χ1n) is 5.93. The highest BCUT2D eigenvalue weighted by molar-refractivity contribution is 5.96. The van der Waals surface area contributed by atoms with E-state index in [1.54, 1.807) is 12.3 Å². The topological polar surface area (TPSA) is 74.0 Å². The van der Waals surface area contributed by atoms with Crippen molar-refractivity contribution in [3.8, 4) is 0 Å². The number of hydrogen-bond donors (Lipinski definition) is 3. The van der Waals surface area contributed by atoms with Crippen molar-refractivity contribution < 1.29 is 18.4 Å². The van der Waals surface area contributed by atoms with Crippen LogP contribution >= 0.6 is 0 Å². The Morgan fingerprint density at radius 1 is 1.05 bits per heavy atom. The maximum Gasteiger partial charge on any atom is 0.286 e. The van der Waals surface area contributed by atoms with Crippen molar-refractivity contribution in [2.75, 3.05) is 0 Å². The fourth-order valence-electron chi connectivity index (χ4n) is 1.53. The van der Waals surface area contributed by atoms with Crippen LogP contribution in [0.5, 0.6) is 0 Å². The number of nitrogens with one attached hydrogen (secondary N) is 3. The number of aromatic amines is 1. The SMILES string of the molecule is O=C(/C=C/c1c(F)cccc1F)NNC(=O)c1ccc[nH]1. The van der Waals surface area contributed by atoms with Crippen LogP contribution in [-0.2, 0) is 4.79 Å². The lowest BCUT2D eigenvalue weighted by Gasteiger charge is -2.03. The van der Waals surface area contributed by atoms with Crippen LogP contribution in [0.1, 0.15) is 16.1 Å². The van der Waals surface area contributed by atoms with Gasteiger partial charge in [-0.25, -0.2) is 8.78 Å². The number of rotatable bonds is 3. The van der Waals surface area contributed by atoms with E-state index in [2.05, 4.69) is 15.8 Å². The average Bonchev–Trinajstić information content (AvgIpc) is 2.98. The van der Waals surface area contributed by atoms with Gasteiger partial charge in [0.15, 0.2) is 0 Å². The van der Waals surface area contributed by atoms with Crippen molar-refractivity contribution in [2.45, 2.75) is 0 Å². The smallest absolute Gasteiger partial charge is 0.286 e. The van der Waals surface area contributed by atoms with E-state index in [9.17, 15) is 18.4 Å². The van der Waals surface area contributed by atoms with Crippen LogP contribution in [0.25, 0.3) is 6.08 Å². The number of aromatic nitrogens is 1. The molecule has 0 bridgehead atoms. The fraction of sp³-hybridized carbons (Fsp3) is 0. The number of hydrazine groups is 1. The van der Waals surface area contributed by atoms with Gasteiger partial charge in [0, 0.05) is 17.8 Å². The van der Waals surface area contributed by atoms with Gasteiger partial charge in [0.05, 0.1) is 0 Å². The zero-order valence-corrected chi connectivity index (χ0v) is 10.7. The van der Waals surface area contributed by atoms with E-state index >= 15 is 0 Å². The second kappa shape index (κ2) is 6.47. The number of carbonyl (C=O) groups excluding carboxylic acids is 2. The first kappa shape index (κ1) is 14.4. The third-order valence-electron chi connectivity index (χ3n) is 2.54. The Labute approximate surface area is 118 Å². The lowest BCUT2D eigenvalue weighted by Crippen LogP contribution is -2.40. The number of halogens is 2. The second-order valence-electron chi connectivity index (χ2n) is 4.00. The Kier molecular flexibility index (Phi) is 4.45. The number of amides is 2. The van der Waals surface area contributed by atoms with Gasteiger partial charge < -0.3 is 4.98 Å². The molecule has 0 fully saturated rings. The Hall–Kier alpha value is -2.96. The molecular weight excluding hydrogens is 280 g/mol. The molecule has 2 rings (SSSR count). The maximum absolute atomic E-state index is 13.3. The van der Waals surface area contributed by atoms with Gasteiger partial charge in [-0.1, -0.05) is 6.07 Å². The van der Waals surface area contributed by atoms with Crippen LogP contribution in [0.2, 0.25) is 0 Å². The molecule has 1 aromatic carbocycles. The summed E-state index contributed by atoms with van der Waals surface area (Å²) in [5.74, 6) is -2.83. The molecule has 108 valence electrons. The summed E-state index contributed by atoms with van der Waals surface area (Å²) in [6.45, 7) is 0. The zero-order valence-electron chi connectivity index (χ0n) is 10.7. The van der Waals surface area contributed by atoms with Gasteiger partial charge in [-0.2, -0.15) is 0 Å². The van der Waals surface area contributed by atoms with E-state index in [0.717, 1.165) is 24.3 Å². The van der Waals surface area contributed by atoms with Gasteiger partial charge in [0.1, 0.15) is 17.3 Å². The number of benzene rings is 1. The first-order chi connectivity index (χ1) is 10.1. The monoisotopic (exact) mass is 291 g/mol. The van der Waals surface area contributed by atoms with E-state index in [1.807, 2.05) is 0 Å². The summed E-state index contributed by atoms with van der Waals surface area (Å²) >= 11 is 0. The van der Waals surface area contributed by atoms with Crippen molar-refractivity contribution in [1.82, 2.24) is 15.8 Å². The minimum absolute atomic E-state index is 0.263. The summed E-state index contributed by atoms with van der Waals surface area (Å²) < 4.78 is 26.6. The summed E-state index contributed by atoms with van der Waals surface area (Å²) in [4.78, 5) is 25.6. The van der Waals surface area contributed by atoms with Crippen LogP contribution < -0.4 is 10.9 Å². The third-order valence-corrected chi connectivity index (χ3v) is 2.54. The molecule has 5 nitrogen and oxygen atoms in total. The van der Waals surface area contributed by atoms with Gasteiger partial charge in [0.25, 0.3) is 11.8 Å². The van der Waals surface area contributed by atoms with Crippen LogP contribution in [0.15, 0.2) is 42.6 Å². The highest BCUT2D eigenvalue weighted by Crippen LogP contribution is 2.13. The molecule has 2 amide bonds. The lowest BCUT2D eigenvalue weighted by molar-refractivity contribution is -0.117. The lowest BCUT2D eigenvalue weighted by atomic mass is 10.2. The van der Waals surface area contributed by atoms with Crippen molar-refractivity contribution >= 4 is 17.9 Å². The molecule has 3 N–H and O–H groups in total. The van der Waals surface area contributed by atoms with Crippen molar-refractivity contribution in [1.29, 1.82) is 0 Å². The van der Waals surface area contributed by atoms with Crippen LogP contribution in [-0.4, -0.2) is 16.8 Å². The summed E-state index contributed by atoms with van der Waals surface area (Å²) in [5, 5.41) is 0. The molecule has 0 saturated carbocycles.